The fourth-order valence-electron chi connectivity index (χ4n) is 0.591. The van der Waals surface area contributed by atoms with Crippen LogP contribution < -0.4 is 0 Å². The molecule has 7 heavy (non-hydrogen) atoms. The predicted octanol–water partition coefficient (Wildman–Crippen LogP) is -0.914. The molecule has 1 aliphatic rings. The van der Waals surface area contributed by atoms with Gasteiger partial charge in [-0.2, -0.15) is 0 Å². The highest BCUT2D eigenvalue weighted by Gasteiger charge is 2.20. The lowest BCUT2D eigenvalue weighted by Gasteiger charge is -1.93. The van der Waals surface area contributed by atoms with Crippen molar-refractivity contribution in [1.82, 2.24) is 0 Å². The van der Waals surface area contributed by atoms with Gasteiger partial charge in [0, 0.05) is 6.42 Å². The highest BCUT2D eigenvalue weighted by atomic mass is 16.6. The molecule has 3 heteroatoms. The van der Waals surface area contributed by atoms with E-state index in [1.807, 2.05) is 0 Å². The van der Waals surface area contributed by atoms with E-state index in [-0.39, 0.29) is 6.61 Å². The molecule has 2 atom stereocenters. The van der Waals surface area contributed by atoms with Gasteiger partial charge in [-0.3, -0.25) is 0 Å². The summed E-state index contributed by atoms with van der Waals surface area (Å²) < 4.78 is 4.57. The van der Waals surface area contributed by atoms with E-state index < -0.39 is 12.4 Å². The smallest absolute Gasteiger partial charge is 0.157 e. The fraction of sp³-hybridized carbons (Fsp3) is 1.00. The summed E-state index contributed by atoms with van der Waals surface area (Å²) >= 11 is 0. The standard InChI is InChI=1S/C4H8O3/c5-3-1-4(6)7-2-3/h3-6H,1-2H2/t3-,4-/m0/s1. The molecule has 1 rings (SSSR count). The minimum Gasteiger partial charge on any atom is -0.391 e. The van der Waals surface area contributed by atoms with E-state index in [2.05, 4.69) is 4.74 Å². The summed E-state index contributed by atoms with van der Waals surface area (Å²) in [6, 6.07) is 0. The van der Waals surface area contributed by atoms with E-state index in [0.717, 1.165) is 0 Å². The van der Waals surface area contributed by atoms with E-state index in [1.165, 1.54) is 0 Å². The van der Waals surface area contributed by atoms with Crippen LogP contribution in [0.4, 0.5) is 0 Å². The number of aliphatic hydroxyl groups is 2. The number of ether oxygens (including phenoxy) is 1. The molecule has 0 aliphatic carbocycles. The molecule has 0 aromatic carbocycles. The van der Waals surface area contributed by atoms with Gasteiger partial charge < -0.3 is 14.9 Å². The van der Waals surface area contributed by atoms with Crippen molar-refractivity contribution >= 4 is 0 Å². The van der Waals surface area contributed by atoms with E-state index in [9.17, 15) is 0 Å². The maximum absolute atomic E-state index is 8.61. The monoisotopic (exact) mass is 104 g/mol. The molecular formula is C4H8O3. The largest absolute Gasteiger partial charge is 0.391 e. The summed E-state index contributed by atoms with van der Waals surface area (Å²) in [5.41, 5.74) is 0. The molecule has 0 radical (unpaired) electrons. The van der Waals surface area contributed by atoms with Crippen molar-refractivity contribution in [3.05, 3.63) is 0 Å². The average molecular weight is 104 g/mol. The summed E-state index contributed by atoms with van der Waals surface area (Å²) in [7, 11) is 0. The van der Waals surface area contributed by atoms with Crippen molar-refractivity contribution in [2.24, 2.45) is 0 Å². The van der Waals surface area contributed by atoms with Gasteiger partial charge in [-0.25, -0.2) is 0 Å². The lowest BCUT2D eigenvalue weighted by atomic mass is 10.3. The lowest BCUT2D eigenvalue weighted by Crippen LogP contribution is -2.04. The Morgan fingerprint density at radius 3 is 2.29 bits per heavy atom. The topological polar surface area (TPSA) is 49.7 Å². The molecule has 0 spiro atoms. The van der Waals surface area contributed by atoms with Crippen LogP contribution in [0.2, 0.25) is 0 Å². The minimum absolute atomic E-state index is 0.279. The molecule has 0 bridgehead atoms. The second-order valence-corrected chi connectivity index (χ2v) is 1.68. The first-order chi connectivity index (χ1) is 3.29. The molecule has 2 N–H and O–H groups in total. The van der Waals surface area contributed by atoms with Gasteiger partial charge in [-0.15, -0.1) is 0 Å². The Balaban J connectivity index is 2.26. The second-order valence-electron chi connectivity index (χ2n) is 1.68. The van der Waals surface area contributed by atoms with Gasteiger partial charge in [0.05, 0.1) is 12.7 Å². The van der Waals surface area contributed by atoms with Crippen LogP contribution in [0.1, 0.15) is 6.42 Å². The van der Waals surface area contributed by atoms with Crippen molar-refractivity contribution in [2.45, 2.75) is 18.8 Å². The van der Waals surface area contributed by atoms with Crippen molar-refractivity contribution < 1.29 is 14.9 Å². The summed E-state index contributed by atoms with van der Waals surface area (Å²) in [4.78, 5) is 0. The number of aliphatic hydroxyl groups excluding tert-OH is 2. The Bertz CT molecular complexity index is 56.0. The molecule has 1 fully saturated rings. The molecule has 0 aromatic rings. The van der Waals surface area contributed by atoms with E-state index in [1.54, 1.807) is 0 Å². The Hall–Kier alpha value is -0.120. The van der Waals surface area contributed by atoms with Crippen molar-refractivity contribution in [3.63, 3.8) is 0 Å². The molecular weight excluding hydrogens is 96.0 g/mol. The summed E-state index contributed by atoms with van der Waals surface area (Å²) in [5, 5.41) is 17.1. The second kappa shape index (κ2) is 1.78. The average Bonchev–Trinajstić information content (AvgIpc) is 1.87. The Morgan fingerprint density at radius 1 is 1.43 bits per heavy atom. The van der Waals surface area contributed by atoms with Crippen LogP contribution in [-0.4, -0.2) is 29.2 Å². The quantitative estimate of drug-likeness (QED) is 0.418. The van der Waals surface area contributed by atoms with Crippen LogP contribution in [0.15, 0.2) is 0 Å². The SMILES string of the molecule is O[C@@H]1CO[C@H](O)C1. The third-order valence-corrected chi connectivity index (χ3v) is 0.955. The van der Waals surface area contributed by atoms with Crippen molar-refractivity contribution in [1.29, 1.82) is 0 Å². The van der Waals surface area contributed by atoms with Gasteiger partial charge in [0.25, 0.3) is 0 Å². The number of hydrogen-bond acceptors (Lipinski definition) is 3. The maximum Gasteiger partial charge on any atom is 0.157 e. The van der Waals surface area contributed by atoms with Gasteiger partial charge in [0.1, 0.15) is 0 Å². The first kappa shape index (κ1) is 5.03. The highest BCUT2D eigenvalue weighted by Crippen LogP contribution is 2.08. The summed E-state index contributed by atoms with van der Waals surface area (Å²) in [6.45, 7) is 0.279. The van der Waals surface area contributed by atoms with Gasteiger partial charge in [-0.05, 0) is 0 Å². The highest BCUT2D eigenvalue weighted by molar-refractivity contribution is 4.62. The molecule has 0 amide bonds. The van der Waals surface area contributed by atoms with Crippen molar-refractivity contribution in [3.8, 4) is 0 Å². The molecule has 0 saturated carbocycles. The number of rotatable bonds is 0. The van der Waals surface area contributed by atoms with Crippen LogP contribution in [0.3, 0.4) is 0 Å². The first-order valence-corrected chi connectivity index (χ1v) is 2.27. The van der Waals surface area contributed by atoms with Gasteiger partial charge in [0.2, 0.25) is 0 Å². The van der Waals surface area contributed by atoms with Crippen LogP contribution in [0, 0.1) is 0 Å². The molecule has 0 unspecified atom stereocenters. The zero-order valence-electron chi connectivity index (χ0n) is 3.87. The normalized spacial score (nSPS) is 42.0. The molecule has 1 saturated heterocycles. The van der Waals surface area contributed by atoms with E-state index in [0.29, 0.717) is 6.42 Å². The minimum atomic E-state index is -0.727. The maximum atomic E-state index is 8.61. The Labute approximate surface area is 41.5 Å². The predicted molar refractivity (Wildman–Crippen MR) is 22.6 cm³/mol. The Morgan fingerprint density at radius 2 is 2.14 bits per heavy atom. The van der Waals surface area contributed by atoms with Crippen LogP contribution >= 0.6 is 0 Å². The van der Waals surface area contributed by atoms with Gasteiger partial charge in [-0.1, -0.05) is 0 Å². The third kappa shape index (κ3) is 1.12. The Kier molecular flexibility index (Phi) is 1.27. The number of hydrogen-bond donors (Lipinski definition) is 2. The molecule has 3 nitrogen and oxygen atoms in total. The first-order valence-electron chi connectivity index (χ1n) is 2.27. The molecule has 42 valence electrons. The van der Waals surface area contributed by atoms with Gasteiger partial charge in [0.15, 0.2) is 6.29 Å². The summed E-state index contributed by atoms with van der Waals surface area (Å²) in [6.07, 6.45) is -0.815. The van der Waals surface area contributed by atoms with Gasteiger partial charge >= 0.3 is 0 Å². The molecule has 0 aromatic heterocycles. The van der Waals surface area contributed by atoms with E-state index >= 15 is 0 Å². The fourth-order valence-corrected chi connectivity index (χ4v) is 0.591. The zero-order chi connectivity index (χ0) is 5.28. The molecule has 1 aliphatic heterocycles. The van der Waals surface area contributed by atoms with Crippen molar-refractivity contribution in [2.75, 3.05) is 6.61 Å². The summed E-state index contributed by atoms with van der Waals surface area (Å²) in [5.74, 6) is 0. The van der Waals surface area contributed by atoms with E-state index in [4.69, 9.17) is 10.2 Å². The molecule has 1 heterocycles. The zero-order valence-corrected chi connectivity index (χ0v) is 3.87. The lowest BCUT2D eigenvalue weighted by molar-refractivity contribution is -0.0595. The van der Waals surface area contributed by atoms with Crippen LogP contribution in [0.5, 0.6) is 0 Å². The van der Waals surface area contributed by atoms with Crippen LogP contribution in [-0.2, 0) is 4.74 Å². The third-order valence-electron chi connectivity index (χ3n) is 0.955. The van der Waals surface area contributed by atoms with Crippen LogP contribution in [0.25, 0.3) is 0 Å².